The number of amides is 2. The summed E-state index contributed by atoms with van der Waals surface area (Å²) >= 11 is 0. The van der Waals surface area contributed by atoms with Crippen LogP contribution in [-0.2, 0) is 9.59 Å². The fourth-order valence-electron chi connectivity index (χ4n) is 2.30. The molecule has 4 nitrogen and oxygen atoms in total. The van der Waals surface area contributed by atoms with Gasteiger partial charge in [-0.15, -0.1) is 0 Å². The number of rotatable bonds is 3. The standard InChI is InChI=1S/C14H15FN2O2/c15-10-1-5-12(6-2-10)17-8-9(7-13(17)18)14(19)16-11-3-4-11/h1-2,5-6,9,11H,3-4,7-8H2,(H,16,19)/t9-/m1/s1. The van der Waals surface area contributed by atoms with Crippen molar-refractivity contribution in [3.05, 3.63) is 30.1 Å². The molecule has 2 amide bonds. The third-order valence-electron chi connectivity index (χ3n) is 3.56. The molecule has 1 aromatic carbocycles. The van der Waals surface area contributed by atoms with Gasteiger partial charge in [0.2, 0.25) is 11.8 Å². The first-order chi connectivity index (χ1) is 9.13. The van der Waals surface area contributed by atoms with Crippen LogP contribution in [0.4, 0.5) is 10.1 Å². The molecule has 1 N–H and O–H groups in total. The van der Waals surface area contributed by atoms with Crippen molar-refractivity contribution in [2.75, 3.05) is 11.4 Å². The number of nitrogens with zero attached hydrogens (tertiary/aromatic N) is 1. The minimum absolute atomic E-state index is 0.0412. The minimum atomic E-state index is -0.335. The molecule has 0 spiro atoms. The summed E-state index contributed by atoms with van der Waals surface area (Å²) in [6, 6.07) is 6.07. The lowest BCUT2D eigenvalue weighted by atomic mass is 10.1. The van der Waals surface area contributed by atoms with Crippen molar-refractivity contribution >= 4 is 17.5 Å². The molecule has 1 heterocycles. The molecule has 2 aliphatic rings. The third kappa shape index (κ3) is 2.59. The van der Waals surface area contributed by atoms with E-state index in [9.17, 15) is 14.0 Å². The lowest BCUT2D eigenvalue weighted by molar-refractivity contribution is -0.126. The number of carbonyl (C=O) groups is 2. The van der Waals surface area contributed by atoms with Crippen LogP contribution in [0.25, 0.3) is 0 Å². The highest BCUT2D eigenvalue weighted by Gasteiger charge is 2.36. The second-order valence-electron chi connectivity index (χ2n) is 5.16. The van der Waals surface area contributed by atoms with E-state index in [0.717, 1.165) is 12.8 Å². The lowest BCUT2D eigenvalue weighted by Gasteiger charge is -2.16. The molecule has 0 unspecified atom stereocenters. The van der Waals surface area contributed by atoms with E-state index in [2.05, 4.69) is 5.32 Å². The van der Waals surface area contributed by atoms with Crippen molar-refractivity contribution in [2.45, 2.75) is 25.3 Å². The van der Waals surface area contributed by atoms with Crippen molar-refractivity contribution in [3.63, 3.8) is 0 Å². The number of hydrogen-bond donors (Lipinski definition) is 1. The van der Waals surface area contributed by atoms with Gasteiger partial charge in [-0.25, -0.2) is 4.39 Å². The summed E-state index contributed by atoms with van der Waals surface area (Å²) in [6.07, 6.45) is 2.30. The first-order valence-corrected chi connectivity index (χ1v) is 6.50. The molecule has 3 rings (SSSR count). The molecular weight excluding hydrogens is 247 g/mol. The first kappa shape index (κ1) is 12.1. The van der Waals surface area contributed by atoms with E-state index in [1.807, 2.05) is 0 Å². The Balaban J connectivity index is 1.68. The van der Waals surface area contributed by atoms with Crippen molar-refractivity contribution in [1.82, 2.24) is 5.32 Å². The van der Waals surface area contributed by atoms with Crippen molar-refractivity contribution in [2.24, 2.45) is 5.92 Å². The van der Waals surface area contributed by atoms with Gasteiger partial charge in [0.05, 0.1) is 5.92 Å². The summed E-state index contributed by atoms with van der Waals surface area (Å²) in [5.41, 5.74) is 0.646. The lowest BCUT2D eigenvalue weighted by Crippen LogP contribution is -2.34. The number of anilines is 1. The van der Waals surface area contributed by atoms with Crippen molar-refractivity contribution in [1.29, 1.82) is 0 Å². The van der Waals surface area contributed by atoms with Crippen LogP contribution in [0.3, 0.4) is 0 Å². The molecule has 1 aliphatic carbocycles. The van der Waals surface area contributed by atoms with Crippen LogP contribution >= 0.6 is 0 Å². The topological polar surface area (TPSA) is 49.4 Å². The fourth-order valence-corrected chi connectivity index (χ4v) is 2.30. The van der Waals surface area contributed by atoms with Crippen LogP contribution in [0.1, 0.15) is 19.3 Å². The van der Waals surface area contributed by atoms with Gasteiger partial charge >= 0.3 is 0 Å². The maximum atomic E-state index is 12.9. The molecule has 1 atom stereocenters. The summed E-state index contributed by atoms with van der Waals surface area (Å²) in [5.74, 6) is -0.750. The molecule has 1 aliphatic heterocycles. The maximum absolute atomic E-state index is 12.9. The molecule has 19 heavy (non-hydrogen) atoms. The Morgan fingerprint density at radius 3 is 2.58 bits per heavy atom. The maximum Gasteiger partial charge on any atom is 0.227 e. The summed E-state index contributed by atoms with van der Waals surface area (Å²) in [7, 11) is 0. The fraction of sp³-hybridized carbons (Fsp3) is 0.429. The summed E-state index contributed by atoms with van der Waals surface area (Å²) < 4.78 is 12.9. The van der Waals surface area contributed by atoms with Crippen LogP contribution in [0, 0.1) is 11.7 Å². The van der Waals surface area contributed by atoms with Crippen LogP contribution in [0.15, 0.2) is 24.3 Å². The smallest absolute Gasteiger partial charge is 0.227 e. The number of carbonyl (C=O) groups excluding carboxylic acids is 2. The Labute approximate surface area is 110 Å². The van der Waals surface area contributed by atoms with Crippen molar-refractivity contribution < 1.29 is 14.0 Å². The molecular formula is C14H15FN2O2. The second-order valence-corrected chi connectivity index (χ2v) is 5.16. The van der Waals surface area contributed by atoms with E-state index in [-0.39, 0.29) is 30.0 Å². The summed E-state index contributed by atoms with van der Waals surface area (Å²) in [6.45, 7) is 0.378. The van der Waals surface area contributed by atoms with E-state index in [0.29, 0.717) is 18.3 Å². The van der Waals surface area contributed by atoms with Gasteiger partial charge in [0.25, 0.3) is 0 Å². The zero-order valence-corrected chi connectivity index (χ0v) is 10.4. The molecule has 1 saturated carbocycles. The number of nitrogens with one attached hydrogen (secondary N) is 1. The van der Waals surface area contributed by atoms with Gasteiger partial charge in [-0.3, -0.25) is 9.59 Å². The molecule has 0 bridgehead atoms. The Bertz CT molecular complexity index is 511. The highest BCUT2D eigenvalue weighted by molar-refractivity contribution is 6.00. The average molecular weight is 262 g/mol. The van der Waals surface area contributed by atoms with E-state index in [1.54, 1.807) is 17.0 Å². The summed E-state index contributed by atoms with van der Waals surface area (Å²) in [5, 5.41) is 2.92. The number of halogens is 1. The molecule has 1 aromatic rings. The Morgan fingerprint density at radius 2 is 1.95 bits per heavy atom. The normalized spacial score (nSPS) is 22.7. The van der Waals surface area contributed by atoms with E-state index in [1.165, 1.54) is 12.1 Å². The van der Waals surface area contributed by atoms with Gasteiger partial charge in [-0.05, 0) is 37.1 Å². The quantitative estimate of drug-likeness (QED) is 0.896. The predicted octanol–water partition coefficient (Wildman–Crippen LogP) is 1.46. The molecule has 1 saturated heterocycles. The highest BCUT2D eigenvalue weighted by atomic mass is 19.1. The predicted molar refractivity (Wildman–Crippen MR) is 68.0 cm³/mol. The SMILES string of the molecule is O=C(NC1CC1)[C@@H]1CC(=O)N(c2ccc(F)cc2)C1. The third-order valence-corrected chi connectivity index (χ3v) is 3.56. The van der Waals surface area contributed by atoms with Gasteiger partial charge < -0.3 is 10.2 Å². The van der Waals surface area contributed by atoms with Gasteiger partial charge in [0, 0.05) is 24.7 Å². The largest absolute Gasteiger partial charge is 0.353 e. The average Bonchev–Trinajstić information content (AvgIpc) is 3.11. The van der Waals surface area contributed by atoms with Crippen LogP contribution in [0.2, 0.25) is 0 Å². The van der Waals surface area contributed by atoms with Gasteiger partial charge in [0.1, 0.15) is 5.82 Å². The van der Waals surface area contributed by atoms with Crippen molar-refractivity contribution in [3.8, 4) is 0 Å². The minimum Gasteiger partial charge on any atom is -0.353 e. The zero-order valence-electron chi connectivity index (χ0n) is 10.4. The Morgan fingerprint density at radius 1 is 1.26 bits per heavy atom. The molecule has 2 fully saturated rings. The van der Waals surface area contributed by atoms with Gasteiger partial charge in [-0.2, -0.15) is 0 Å². The highest BCUT2D eigenvalue weighted by Crippen LogP contribution is 2.26. The number of benzene rings is 1. The van der Waals surface area contributed by atoms with Gasteiger partial charge in [0.15, 0.2) is 0 Å². The van der Waals surface area contributed by atoms with Gasteiger partial charge in [-0.1, -0.05) is 0 Å². The van der Waals surface area contributed by atoms with E-state index < -0.39 is 0 Å². The zero-order chi connectivity index (χ0) is 13.4. The molecule has 0 aromatic heterocycles. The number of hydrogen-bond acceptors (Lipinski definition) is 2. The summed E-state index contributed by atoms with van der Waals surface area (Å²) in [4.78, 5) is 25.4. The Kier molecular flexibility index (Phi) is 2.97. The molecule has 5 heteroatoms. The van der Waals surface area contributed by atoms with E-state index >= 15 is 0 Å². The van der Waals surface area contributed by atoms with Crippen LogP contribution in [-0.4, -0.2) is 24.4 Å². The van der Waals surface area contributed by atoms with Crippen LogP contribution in [0.5, 0.6) is 0 Å². The molecule has 100 valence electrons. The van der Waals surface area contributed by atoms with E-state index in [4.69, 9.17) is 0 Å². The Hall–Kier alpha value is -1.91. The molecule has 0 radical (unpaired) electrons. The monoisotopic (exact) mass is 262 g/mol. The van der Waals surface area contributed by atoms with Crippen LogP contribution < -0.4 is 10.2 Å². The first-order valence-electron chi connectivity index (χ1n) is 6.50. The second kappa shape index (κ2) is 4.64.